The van der Waals surface area contributed by atoms with Gasteiger partial charge in [0.25, 0.3) is 0 Å². The number of fused-ring (bicyclic) bond motifs is 6. The Kier molecular flexibility index (Phi) is 6.24. The van der Waals surface area contributed by atoms with Gasteiger partial charge in [0.2, 0.25) is 0 Å². The van der Waals surface area contributed by atoms with Crippen molar-refractivity contribution in [1.29, 1.82) is 0 Å². The lowest BCUT2D eigenvalue weighted by Gasteiger charge is -2.35. The first-order valence-corrected chi connectivity index (χ1v) is 15.7. The molecule has 0 saturated heterocycles. The van der Waals surface area contributed by atoms with Crippen LogP contribution in [0.2, 0.25) is 0 Å². The van der Waals surface area contributed by atoms with Crippen molar-refractivity contribution in [2.75, 3.05) is 9.80 Å². The zero-order valence-corrected chi connectivity index (χ0v) is 25.1. The van der Waals surface area contributed by atoms with Crippen LogP contribution in [0, 0.1) is 0 Å². The summed E-state index contributed by atoms with van der Waals surface area (Å²) in [6.07, 6.45) is 7.80. The highest BCUT2D eigenvalue weighted by Crippen LogP contribution is 2.40. The van der Waals surface area contributed by atoms with Gasteiger partial charge in [-0.2, -0.15) is 0 Å². The largest absolute Gasteiger partial charge is 0.456 e. The highest BCUT2D eigenvalue weighted by atomic mass is 16.3. The van der Waals surface area contributed by atoms with Gasteiger partial charge in [-0.15, -0.1) is 0 Å². The molecule has 6 aromatic carbocycles. The Labute approximate surface area is 266 Å². The summed E-state index contributed by atoms with van der Waals surface area (Å²) >= 11 is 0. The predicted octanol–water partition coefficient (Wildman–Crippen LogP) is 11.7. The van der Waals surface area contributed by atoms with Crippen molar-refractivity contribution < 1.29 is 8.83 Å². The normalized spacial score (nSPS) is 14.7. The molecule has 1 unspecified atom stereocenters. The first-order chi connectivity index (χ1) is 22.8. The molecule has 0 spiro atoms. The minimum absolute atomic E-state index is 0.125. The number of benzene rings is 6. The summed E-state index contributed by atoms with van der Waals surface area (Å²) in [7, 11) is 0. The lowest BCUT2D eigenvalue weighted by molar-refractivity contribution is 0.668. The van der Waals surface area contributed by atoms with Crippen LogP contribution in [0.15, 0.2) is 178 Å². The van der Waals surface area contributed by atoms with Crippen LogP contribution in [0.4, 0.5) is 22.7 Å². The van der Waals surface area contributed by atoms with Crippen molar-refractivity contribution in [2.24, 2.45) is 0 Å². The lowest BCUT2D eigenvalue weighted by Crippen LogP contribution is -2.31. The summed E-state index contributed by atoms with van der Waals surface area (Å²) in [6.45, 7) is 0. The number of hydrogen-bond donors (Lipinski definition) is 0. The maximum atomic E-state index is 6.15. The zero-order chi connectivity index (χ0) is 30.5. The molecule has 0 saturated carbocycles. The molecular formula is C42H30N2O2. The fourth-order valence-electron chi connectivity index (χ4n) is 6.82. The lowest BCUT2D eigenvalue weighted by atomic mass is 10.0. The zero-order valence-electron chi connectivity index (χ0n) is 25.1. The van der Waals surface area contributed by atoms with Gasteiger partial charge in [-0.25, -0.2) is 0 Å². The molecule has 8 aromatic rings. The van der Waals surface area contributed by atoms with Crippen LogP contribution in [0.1, 0.15) is 6.42 Å². The molecule has 9 rings (SSSR count). The summed E-state index contributed by atoms with van der Waals surface area (Å²) in [5.41, 5.74) is 9.24. The van der Waals surface area contributed by atoms with Crippen molar-refractivity contribution >= 4 is 66.6 Å². The van der Waals surface area contributed by atoms with Crippen LogP contribution in [0.3, 0.4) is 0 Å². The maximum absolute atomic E-state index is 6.15. The van der Waals surface area contributed by atoms with E-state index in [9.17, 15) is 0 Å². The smallest absolute Gasteiger partial charge is 0.135 e. The Bertz CT molecular complexity index is 2420. The minimum Gasteiger partial charge on any atom is -0.456 e. The molecule has 2 heterocycles. The topological polar surface area (TPSA) is 32.8 Å². The number of rotatable bonds is 6. The predicted molar refractivity (Wildman–Crippen MR) is 190 cm³/mol. The number of anilines is 4. The van der Waals surface area contributed by atoms with Crippen molar-refractivity contribution in [2.45, 2.75) is 12.5 Å². The fraction of sp³-hybridized carbons (Fsp3) is 0.0476. The molecule has 1 atom stereocenters. The van der Waals surface area contributed by atoms with Crippen molar-refractivity contribution in [3.8, 4) is 0 Å². The Morgan fingerprint density at radius 1 is 0.457 bits per heavy atom. The average molecular weight is 595 g/mol. The van der Waals surface area contributed by atoms with Crippen LogP contribution in [0.25, 0.3) is 43.9 Å². The second kappa shape index (κ2) is 10.9. The van der Waals surface area contributed by atoms with Crippen LogP contribution in [-0.4, -0.2) is 6.04 Å². The third-order valence-electron chi connectivity index (χ3n) is 8.95. The van der Waals surface area contributed by atoms with Crippen molar-refractivity contribution in [1.82, 2.24) is 0 Å². The van der Waals surface area contributed by atoms with Gasteiger partial charge in [0.1, 0.15) is 22.3 Å². The number of hydrogen-bond acceptors (Lipinski definition) is 4. The summed E-state index contributed by atoms with van der Waals surface area (Å²) < 4.78 is 12.3. The van der Waals surface area contributed by atoms with E-state index in [1.54, 1.807) is 0 Å². The molecule has 1 aliphatic rings. The molecule has 0 bridgehead atoms. The molecule has 2 aromatic heterocycles. The van der Waals surface area contributed by atoms with Gasteiger partial charge in [-0.05, 0) is 85.3 Å². The van der Waals surface area contributed by atoms with E-state index in [0.29, 0.717) is 0 Å². The van der Waals surface area contributed by atoms with E-state index >= 15 is 0 Å². The van der Waals surface area contributed by atoms with Crippen LogP contribution in [-0.2, 0) is 0 Å². The Morgan fingerprint density at radius 3 is 1.59 bits per heavy atom. The molecule has 0 aliphatic heterocycles. The van der Waals surface area contributed by atoms with Crippen molar-refractivity contribution in [3.63, 3.8) is 0 Å². The van der Waals surface area contributed by atoms with E-state index in [2.05, 4.69) is 149 Å². The molecule has 46 heavy (non-hydrogen) atoms. The van der Waals surface area contributed by atoms with E-state index in [4.69, 9.17) is 8.83 Å². The van der Waals surface area contributed by atoms with Crippen molar-refractivity contribution in [3.05, 3.63) is 170 Å². The van der Waals surface area contributed by atoms with Crippen LogP contribution in [0.5, 0.6) is 0 Å². The number of furan rings is 2. The molecular weight excluding hydrogens is 564 g/mol. The molecule has 1 aliphatic carbocycles. The summed E-state index contributed by atoms with van der Waals surface area (Å²) in [5.74, 6) is 0. The van der Waals surface area contributed by atoms with Gasteiger partial charge in [-0.3, -0.25) is 0 Å². The Hall–Kier alpha value is -6.00. The average Bonchev–Trinajstić information content (AvgIpc) is 3.68. The SMILES string of the molecule is C1=CC(N(c2ccccc2)c2ccc3oc4ccccc4c3c2)CC=C1N(c1ccccc1)c1ccc2oc3ccccc3c2c1. The molecule has 4 nitrogen and oxygen atoms in total. The first kappa shape index (κ1) is 26.4. The van der Waals surface area contributed by atoms with Gasteiger partial charge < -0.3 is 18.6 Å². The fourth-order valence-corrected chi connectivity index (χ4v) is 6.82. The van der Waals surface area contributed by atoms with Gasteiger partial charge in [0.05, 0.1) is 6.04 Å². The summed E-state index contributed by atoms with van der Waals surface area (Å²) in [5, 5.41) is 4.50. The molecule has 0 N–H and O–H groups in total. The van der Waals surface area contributed by atoms with E-state index in [0.717, 1.165) is 78.7 Å². The second-order valence-corrected chi connectivity index (χ2v) is 11.7. The Balaban J connectivity index is 1.11. The third-order valence-corrected chi connectivity index (χ3v) is 8.95. The highest BCUT2D eigenvalue weighted by Gasteiger charge is 2.24. The quantitative estimate of drug-likeness (QED) is 0.192. The number of nitrogens with zero attached hydrogens (tertiary/aromatic N) is 2. The van der Waals surface area contributed by atoms with Gasteiger partial charge >= 0.3 is 0 Å². The van der Waals surface area contributed by atoms with Crippen LogP contribution < -0.4 is 9.80 Å². The third kappa shape index (κ3) is 4.46. The monoisotopic (exact) mass is 594 g/mol. The summed E-state index contributed by atoms with van der Waals surface area (Å²) in [6, 6.07) is 50.9. The van der Waals surface area contributed by atoms with Gasteiger partial charge in [-0.1, -0.05) is 84.9 Å². The second-order valence-electron chi connectivity index (χ2n) is 11.7. The molecule has 0 amide bonds. The highest BCUT2D eigenvalue weighted by molar-refractivity contribution is 6.07. The van der Waals surface area contributed by atoms with E-state index in [1.807, 2.05) is 24.3 Å². The standard InChI is InChI=1S/C42H30N2O2/c1-3-11-29(12-4-1)43(33-23-25-41-37(27-33)35-15-7-9-17-39(35)45-41)31-19-21-32(22-20-31)44(30-13-5-2-6-14-30)34-24-26-42-38(28-34)36-16-8-10-18-40(36)46-42/h1-21,23-28,32H,22H2. The van der Waals surface area contributed by atoms with Crippen LogP contribution >= 0.6 is 0 Å². The number of para-hydroxylation sites is 4. The number of allylic oxidation sites excluding steroid dienone is 1. The Morgan fingerprint density at radius 2 is 0.978 bits per heavy atom. The van der Waals surface area contributed by atoms with E-state index in [-0.39, 0.29) is 6.04 Å². The molecule has 4 heteroatoms. The van der Waals surface area contributed by atoms with E-state index in [1.165, 1.54) is 0 Å². The summed E-state index contributed by atoms with van der Waals surface area (Å²) in [4.78, 5) is 4.77. The van der Waals surface area contributed by atoms with E-state index < -0.39 is 0 Å². The minimum atomic E-state index is 0.125. The molecule has 220 valence electrons. The maximum Gasteiger partial charge on any atom is 0.135 e. The van der Waals surface area contributed by atoms with Gasteiger partial charge in [0.15, 0.2) is 0 Å². The first-order valence-electron chi connectivity index (χ1n) is 15.7. The molecule has 0 fully saturated rings. The molecule has 0 radical (unpaired) electrons. The van der Waals surface area contributed by atoms with Gasteiger partial charge in [0, 0.05) is 50.0 Å².